The third kappa shape index (κ3) is 3.26. The Hall–Kier alpha value is -1.11. The van der Waals surface area contributed by atoms with E-state index in [4.69, 9.17) is 16.7 Å². The molecule has 1 saturated carbocycles. The van der Waals surface area contributed by atoms with E-state index in [2.05, 4.69) is 5.32 Å². The van der Waals surface area contributed by atoms with Gasteiger partial charge in [0.1, 0.15) is 0 Å². The van der Waals surface area contributed by atoms with E-state index in [1.807, 2.05) is 0 Å². The van der Waals surface area contributed by atoms with Crippen LogP contribution in [0.3, 0.4) is 0 Å². The SMILES string of the molecule is CS(=O)(=O)c1cc(C(=O)NC2CC(O)C2)ccc1Cl. The topological polar surface area (TPSA) is 83.5 Å². The molecular formula is C12H14ClNO4S. The second-order valence-electron chi connectivity index (χ2n) is 4.71. The van der Waals surface area contributed by atoms with Gasteiger partial charge in [-0.2, -0.15) is 0 Å². The lowest BCUT2D eigenvalue weighted by atomic mass is 9.89. The molecule has 0 spiro atoms. The van der Waals surface area contributed by atoms with Crippen molar-refractivity contribution >= 4 is 27.3 Å². The molecule has 2 rings (SSSR count). The number of carbonyl (C=O) groups excluding carboxylic acids is 1. The van der Waals surface area contributed by atoms with Crippen LogP contribution in [0.4, 0.5) is 0 Å². The van der Waals surface area contributed by atoms with Gasteiger partial charge in [0.2, 0.25) is 0 Å². The fraction of sp³-hybridized carbons (Fsp3) is 0.417. The molecule has 2 N–H and O–H groups in total. The van der Waals surface area contributed by atoms with Crippen LogP contribution in [0.25, 0.3) is 0 Å². The molecule has 104 valence electrons. The molecule has 0 unspecified atom stereocenters. The molecule has 1 aliphatic carbocycles. The summed E-state index contributed by atoms with van der Waals surface area (Å²) in [5.74, 6) is -0.363. The van der Waals surface area contributed by atoms with Gasteiger partial charge < -0.3 is 10.4 Å². The van der Waals surface area contributed by atoms with Crippen molar-refractivity contribution in [2.24, 2.45) is 0 Å². The molecule has 1 aromatic rings. The number of hydrogen-bond acceptors (Lipinski definition) is 4. The van der Waals surface area contributed by atoms with Crippen molar-refractivity contribution in [3.05, 3.63) is 28.8 Å². The quantitative estimate of drug-likeness (QED) is 0.872. The molecule has 5 nitrogen and oxygen atoms in total. The zero-order valence-electron chi connectivity index (χ0n) is 10.3. The number of rotatable bonds is 3. The lowest BCUT2D eigenvalue weighted by Gasteiger charge is -2.31. The van der Waals surface area contributed by atoms with E-state index in [0.717, 1.165) is 6.26 Å². The van der Waals surface area contributed by atoms with Crippen molar-refractivity contribution in [1.82, 2.24) is 5.32 Å². The summed E-state index contributed by atoms with van der Waals surface area (Å²) >= 11 is 5.80. The Kier molecular flexibility index (Phi) is 3.85. The Morgan fingerprint density at radius 2 is 2.05 bits per heavy atom. The lowest BCUT2D eigenvalue weighted by Crippen LogP contribution is -2.46. The van der Waals surface area contributed by atoms with Gasteiger partial charge >= 0.3 is 0 Å². The van der Waals surface area contributed by atoms with Crippen LogP contribution >= 0.6 is 11.6 Å². The molecule has 19 heavy (non-hydrogen) atoms. The maximum atomic E-state index is 11.9. The van der Waals surface area contributed by atoms with Gasteiger partial charge in [-0.15, -0.1) is 0 Å². The van der Waals surface area contributed by atoms with Crippen molar-refractivity contribution in [2.45, 2.75) is 29.9 Å². The third-order valence-electron chi connectivity index (χ3n) is 3.04. The molecule has 1 amide bonds. The second-order valence-corrected chi connectivity index (χ2v) is 7.10. The highest BCUT2D eigenvalue weighted by atomic mass is 35.5. The van der Waals surface area contributed by atoms with Crippen LogP contribution in [0.5, 0.6) is 0 Å². The van der Waals surface area contributed by atoms with Crippen molar-refractivity contribution in [1.29, 1.82) is 0 Å². The number of aliphatic hydroxyl groups is 1. The average molecular weight is 304 g/mol. The maximum Gasteiger partial charge on any atom is 0.251 e. The lowest BCUT2D eigenvalue weighted by molar-refractivity contribution is 0.0562. The van der Waals surface area contributed by atoms with Gasteiger partial charge in [-0.05, 0) is 31.0 Å². The van der Waals surface area contributed by atoms with Crippen LogP contribution in [0.1, 0.15) is 23.2 Å². The highest BCUT2D eigenvalue weighted by molar-refractivity contribution is 7.90. The molecule has 0 radical (unpaired) electrons. The van der Waals surface area contributed by atoms with Gasteiger partial charge in [-0.3, -0.25) is 4.79 Å². The van der Waals surface area contributed by atoms with Crippen LogP contribution < -0.4 is 5.32 Å². The van der Waals surface area contributed by atoms with Crippen LogP contribution in [0, 0.1) is 0 Å². The van der Waals surface area contributed by atoms with Gasteiger partial charge in [-0.25, -0.2) is 8.42 Å². The fourth-order valence-corrected chi connectivity index (χ4v) is 3.20. The first kappa shape index (κ1) is 14.3. The molecular weight excluding hydrogens is 290 g/mol. The van der Waals surface area contributed by atoms with Crippen LogP contribution in [-0.2, 0) is 9.84 Å². The van der Waals surface area contributed by atoms with E-state index in [-0.39, 0.29) is 33.5 Å². The van der Waals surface area contributed by atoms with Crippen molar-refractivity contribution in [3.8, 4) is 0 Å². The summed E-state index contributed by atoms with van der Waals surface area (Å²) in [6.07, 6.45) is 1.73. The van der Waals surface area contributed by atoms with Gasteiger partial charge in [0, 0.05) is 17.9 Å². The van der Waals surface area contributed by atoms with E-state index in [9.17, 15) is 13.2 Å². The van der Waals surface area contributed by atoms with E-state index in [1.54, 1.807) is 0 Å². The number of hydrogen-bond donors (Lipinski definition) is 2. The molecule has 1 aromatic carbocycles. The molecule has 1 aliphatic rings. The Bertz CT molecular complexity index is 608. The zero-order valence-corrected chi connectivity index (χ0v) is 11.8. The van der Waals surface area contributed by atoms with Crippen molar-refractivity contribution in [3.63, 3.8) is 0 Å². The third-order valence-corrected chi connectivity index (χ3v) is 4.62. The molecule has 0 aliphatic heterocycles. The standard InChI is InChI=1S/C12H14ClNO4S/c1-19(17,18)11-4-7(2-3-10(11)13)12(16)14-8-5-9(15)6-8/h2-4,8-9,15H,5-6H2,1H3,(H,14,16). The minimum Gasteiger partial charge on any atom is -0.393 e. The number of nitrogens with one attached hydrogen (secondary N) is 1. The number of carbonyl (C=O) groups is 1. The molecule has 1 fully saturated rings. The van der Waals surface area contributed by atoms with Crippen LogP contribution in [0.15, 0.2) is 23.1 Å². The number of aliphatic hydroxyl groups excluding tert-OH is 1. The van der Waals surface area contributed by atoms with Crippen LogP contribution in [0.2, 0.25) is 5.02 Å². The first-order valence-corrected chi connectivity index (χ1v) is 8.03. The summed E-state index contributed by atoms with van der Waals surface area (Å²) in [6.45, 7) is 0. The summed E-state index contributed by atoms with van der Waals surface area (Å²) in [7, 11) is -3.47. The molecule has 0 atom stereocenters. The van der Waals surface area contributed by atoms with Gasteiger partial charge in [-0.1, -0.05) is 11.6 Å². The molecule has 0 saturated heterocycles. The fourth-order valence-electron chi connectivity index (χ4n) is 1.90. The largest absolute Gasteiger partial charge is 0.393 e. The van der Waals surface area contributed by atoms with Gasteiger partial charge in [0.15, 0.2) is 9.84 Å². The summed E-state index contributed by atoms with van der Waals surface area (Å²) in [5, 5.41) is 12.0. The van der Waals surface area contributed by atoms with E-state index in [1.165, 1.54) is 18.2 Å². The van der Waals surface area contributed by atoms with Crippen molar-refractivity contribution < 1.29 is 18.3 Å². The number of benzene rings is 1. The highest BCUT2D eigenvalue weighted by Crippen LogP contribution is 2.24. The Morgan fingerprint density at radius 3 is 2.58 bits per heavy atom. The molecule has 0 bridgehead atoms. The number of halogens is 1. The smallest absolute Gasteiger partial charge is 0.251 e. The van der Waals surface area contributed by atoms with E-state index < -0.39 is 9.84 Å². The maximum absolute atomic E-state index is 11.9. The second kappa shape index (κ2) is 5.11. The summed E-state index contributed by atoms with van der Waals surface area (Å²) in [4.78, 5) is 11.9. The summed E-state index contributed by atoms with van der Waals surface area (Å²) in [5.41, 5.74) is 0.242. The van der Waals surface area contributed by atoms with E-state index in [0.29, 0.717) is 12.8 Å². The van der Waals surface area contributed by atoms with Crippen LogP contribution in [-0.4, -0.2) is 37.8 Å². The molecule has 0 heterocycles. The molecule has 7 heteroatoms. The Morgan fingerprint density at radius 1 is 1.42 bits per heavy atom. The Labute approximate surface area is 116 Å². The predicted molar refractivity (Wildman–Crippen MR) is 71.1 cm³/mol. The minimum absolute atomic E-state index is 0.0557. The monoisotopic (exact) mass is 303 g/mol. The average Bonchev–Trinajstić information content (AvgIpc) is 2.25. The zero-order chi connectivity index (χ0) is 14.2. The normalized spacial score (nSPS) is 22.7. The van der Waals surface area contributed by atoms with Crippen molar-refractivity contribution in [2.75, 3.05) is 6.26 Å². The van der Waals surface area contributed by atoms with E-state index >= 15 is 0 Å². The predicted octanol–water partition coefficient (Wildman–Crippen LogP) is 0.997. The summed E-state index contributed by atoms with van der Waals surface area (Å²) < 4.78 is 23.0. The number of sulfone groups is 1. The molecule has 0 aromatic heterocycles. The first-order valence-electron chi connectivity index (χ1n) is 5.76. The Balaban J connectivity index is 2.19. The minimum atomic E-state index is -3.47. The highest BCUT2D eigenvalue weighted by Gasteiger charge is 2.28. The number of amides is 1. The first-order chi connectivity index (χ1) is 8.77. The van der Waals surface area contributed by atoms with Gasteiger partial charge in [0.25, 0.3) is 5.91 Å². The summed E-state index contributed by atoms with van der Waals surface area (Å²) in [6, 6.07) is 4.08. The van der Waals surface area contributed by atoms with Gasteiger partial charge in [0.05, 0.1) is 16.0 Å².